The number of rotatable bonds is 4. The minimum atomic E-state index is 0.738. The summed E-state index contributed by atoms with van der Waals surface area (Å²) >= 11 is 0. The van der Waals surface area contributed by atoms with Crippen molar-refractivity contribution >= 4 is 11.4 Å². The molecule has 0 aliphatic carbocycles. The van der Waals surface area contributed by atoms with Crippen LogP contribution in [0.1, 0.15) is 18.4 Å². The van der Waals surface area contributed by atoms with E-state index in [0.717, 1.165) is 42.6 Å². The summed E-state index contributed by atoms with van der Waals surface area (Å²) in [6.45, 7) is 4.91. The van der Waals surface area contributed by atoms with Gasteiger partial charge < -0.3 is 15.8 Å². The molecule has 1 fully saturated rings. The molecule has 1 aliphatic rings. The van der Waals surface area contributed by atoms with Crippen molar-refractivity contribution in [2.24, 2.45) is 5.92 Å². The van der Waals surface area contributed by atoms with E-state index in [4.69, 9.17) is 10.5 Å². The highest BCUT2D eigenvalue weighted by atomic mass is 16.5. The molecule has 1 heterocycles. The lowest BCUT2D eigenvalue weighted by Crippen LogP contribution is -2.09. The molecular weight excluding hydrogens is 200 g/mol. The van der Waals surface area contributed by atoms with Gasteiger partial charge in [0.1, 0.15) is 0 Å². The Bertz CT molecular complexity index is 346. The van der Waals surface area contributed by atoms with Gasteiger partial charge in [-0.15, -0.1) is 0 Å². The maximum Gasteiger partial charge on any atom is 0.0495 e. The SMILES string of the molecule is Cc1cc(NCCC2CCOC2)ccc1N. The maximum atomic E-state index is 5.77. The molecule has 0 saturated carbocycles. The van der Waals surface area contributed by atoms with Crippen molar-refractivity contribution in [3.8, 4) is 0 Å². The number of nitrogens with two attached hydrogens (primary N) is 1. The molecular formula is C13H20N2O. The van der Waals surface area contributed by atoms with E-state index in [9.17, 15) is 0 Å². The van der Waals surface area contributed by atoms with Crippen LogP contribution in [0, 0.1) is 12.8 Å². The number of nitrogens with one attached hydrogen (secondary N) is 1. The van der Waals surface area contributed by atoms with Crippen molar-refractivity contribution < 1.29 is 4.74 Å². The maximum absolute atomic E-state index is 5.77. The van der Waals surface area contributed by atoms with Crippen LogP contribution in [0.3, 0.4) is 0 Å². The molecule has 3 nitrogen and oxygen atoms in total. The third kappa shape index (κ3) is 2.89. The highest BCUT2D eigenvalue weighted by molar-refractivity contribution is 5.56. The van der Waals surface area contributed by atoms with Crippen molar-refractivity contribution in [2.75, 3.05) is 30.8 Å². The molecule has 0 aromatic heterocycles. The lowest BCUT2D eigenvalue weighted by atomic mass is 10.1. The zero-order valence-corrected chi connectivity index (χ0v) is 9.83. The van der Waals surface area contributed by atoms with E-state index >= 15 is 0 Å². The van der Waals surface area contributed by atoms with Crippen molar-refractivity contribution in [3.63, 3.8) is 0 Å². The molecule has 1 atom stereocenters. The van der Waals surface area contributed by atoms with Crippen LogP contribution in [-0.2, 0) is 4.74 Å². The molecule has 1 aliphatic heterocycles. The number of benzene rings is 1. The Morgan fingerprint density at radius 1 is 1.50 bits per heavy atom. The fourth-order valence-corrected chi connectivity index (χ4v) is 2.02. The number of ether oxygens (including phenoxy) is 1. The van der Waals surface area contributed by atoms with Gasteiger partial charge in [-0.05, 0) is 49.4 Å². The summed E-state index contributed by atoms with van der Waals surface area (Å²) in [6.07, 6.45) is 2.39. The van der Waals surface area contributed by atoms with Crippen LogP contribution in [0.4, 0.5) is 11.4 Å². The van der Waals surface area contributed by atoms with E-state index in [2.05, 4.69) is 11.4 Å². The topological polar surface area (TPSA) is 47.3 Å². The highest BCUT2D eigenvalue weighted by Crippen LogP contribution is 2.19. The van der Waals surface area contributed by atoms with Gasteiger partial charge in [-0.2, -0.15) is 0 Å². The summed E-state index contributed by atoms with van der Waals surface area (Å²) in [6, 6.07) is 6.09. The fourth-order valence-electron chi connectivity index (χ4n) is 2.02. The van der Waals surface area contributed by atoms with E-state index in [1.165, 1.54) is 12.8 Å². The summed E-state index contributed by atoms with van der Waals surface area (Å²) in [5.41, 5.74) is 8.92. The third-order valence-electron chi connectivity index (χ3n) is 3.18. The predicted molar refractivity (Wildman–Crippen MR) is 67.6 cm³/mol. The van der Waals surface area contributed by atoms with Gasteiger partial charge in [0.05, 0.1) is 0 Å². The molecule has 3 N–H and O–H groups in total. The zero-order chi connectivity index (χ0) is 11.4. The van der Waals surface area contributed by atoms with Gasteiger partial charge in [0.25, 0.3) is 0 Å². The molecule has 0 amide bonds. The predicted octanol–water partition coefficient (Wildman–Crippen LogP) is 2.42. The number of anilines is 2. The van der Waals surface area contributed by atoms with Crippen LogP contribution in [0.15, 0.2) is 18.2 Å². The first-order valence-electron chi connectivity index (χ1n) is 5.93. The van der Waals surface area contributed by atoms with Crippen molar-refractivity contribution in [1.82, 2.24) is 0 Å². The van der Waals surface area contributed by atoms with Gasteiger partial charge in [-0.25, -0.2) is 0 Å². The first-order valence-corrected chi connectivity index (χ1v) is 5.93. The van der Waals surface area contributed by atoms with Crippen LogP contribution < -0.4 is 11.1 Å². The Morgan fingerprint density at radius 2 is 2.38 bits per heavy atom. The quantitative estimate of drug-likeness (QED) is 0.766. The second-order valence-corrected chi connectivity index (χ2v) is 4.52. The van der Waals surface area contributed by atoms with E-state index in [1.807, 2.05) is 19.1 Å². The van der Waals surface area contributed by atoms with Crippen LogP contribution in [0.5, 0.6) is 0 Å². The van der Waals surface area contributed by atoms with E-state index in [0.29, 0.717) is 0 Å². The summed E-state index contributed by atoms with van der Waals surface area (Å²) < 4.78 is 5.35. The van der Waals surface area contributed by atoms with E-state index < -0.39 is 0 Å². The van der Waals surface area contributed by atoms with Gasteiger partial charge in [0, 0.05) is 31.1 Å². The van der Waals surface area contributed by atoms with Crippen LogP contribution >= 0.6 is 0 Å². The van der Waals surface area contributed by atoms with E-state index in [1.54, 1.807) is 0 Å². The molecule has 16 heavy (non-hydrogen) atoms. The molecule has 1 aromatic rings. The van der Waals surface area contributed by atoms with E-state index in [-0.39, 0.29) is 0 Å². The average Bonchev–Trinajstić information content (AvgIpc) is 2.76. The molecule has 0 spiro atoms. The van der Waals surface area contributed by atoms with Gasteiger partial charge in [-0.1, -0.05) is 0 Å². The number of hydrogen-bond donors (Lipinski definition) is 2. The van der Waals surface area contributed by atoms with Crippen molar-refractivity contribution in [2.45, 2.75) is 19.8 Å². The largest absolute Gasteiger partial charge is 0.399 e. The Balaban J connectivity index is 1.78. The van der Waals surface area contributed by atoms with Crippen molar-refractivity contribution in [3.05, 3.63) is 23.8 Å². The van der Waals surface area contributed by atoms with Crippen LogP contribution in [0.25, 0.3) is 0 Å². The normalized spacial score (nSPS) is 19.9. The zero-order valence-electron chi connectivity index (χ0n) is 9.83. The molecule has 2 rings (SSSR count). The van der Waals surface area contributed by atoms with Crippen LogP contribution in [0.2, 0.25) is 0 Å². The lowest BCUT2D eigenvalue weighted by molar-refractivity contribution is 0.185. The molecule has 0 bridgehead atoms. The Morgan fingerprint density at radius 3 is 3.06 bits per heavy atom. The summed E-state index contributed by atoms with van der Waals surface area (Å²) in [4.78, 5) is 0. The number of nitrogen functional groups attached to an aromatic ring is 1. The average molecular weight is 220 g/mol. The summed E-state index contributed by atoms with van der Waals surface area (Å²) in [7, 11) is 0. The molecule has 3 heteroatoms. The van der Waals surface area contributed by atoms with Gasteiger partial charge >= 0.3 is 0 Å². The molecule has 0 radical (unpaired) electrons. The summed E-state index contributed by atoms with van der Waals surface area (Å²) in [5, 5.41) is 3.43. The highest BCUT2D eigenvalue weighted by Gasteiger charge is 2.14. The summed E-state index contributed by atoms with van der Waals surface area (Å²) in [5.74, 6) is 0.738. The standard InChI is InChI=1S/C13H20N2O/c1-10-8-12(2-3-13(10)14)15-6-4-11-5-7-16-9-11/h2-3,8,11,15H,4-7,9,14H2,1H3. The smallest absolute Gasteiger partial charge is 0.0495 e. The first-order chi connectivity index (χ1) is 7.75. The fraction of sp³-hybridized carbons (Fsp3) is 0.538. The molecule has 88 valence electrons. The minimum Gasteiger partial charge on any atom is -0.399 e. The lowest BCUT2D eigenvalue weighted by Gasteiger charge is -2.11. The monoisotopic (exact) mass is 220 g/mol. The minimum absolute atomic E-state index is 0.738. The van der Waals surface area contributed by atoms with Gasteiger partial charge in [-0.3, -0.25) is 0 Å². The second kappa shape index (κ2) is 5.21. The number of aryl methyl sites for hydroxylation is 1. The molecule has 1 saturated heterocycles. The van der Waals surface area contributed by atoms with Crippen LogP contribution in [-0.4, -0.2) is 19.8 Å². The Kier molecular flexibility index (Phi) is 3.67. The first kappa shape index (κ1) is 11.3. The third-order valence-corrected chi connectivity index (χ3v) is 3.18. The Hall–Kier alpha value is -1.22. The second-order valence-electron chi connectivity index (χ2n) is 4.52. The van der Waals surface area contributed by atoms with Crippen molar-refractivity contribution in [1.29, 1.82) is 0 Å². The number of hydrogen-bond acceptors (Lipinski definition) is 3. The van der Waals surface area contributed by atoms with Gasteiger partial charge in [0.2, 0.25) is 0 Å². The van der Waals surface area contributed by atoms with Gasteiger partial charge in [0.15, 0.2) is 0 Å². The molecule has 1 aromatic carbocycles. The molecule has 1 unspecified atom stereocenters. The Labute approximate surface area is 97.0 Å².